The minimum Gasteiger partial charge on any atom is -0.388 e. The number of aliphatic hydroxyl groups is 1. The standard InChI is InChI=1S/C15H19FN2O3/c16-12-3-1-2-11(8-12)13(19)9-14(20)17-6-7-18-15(21)10-4-5-10/h1-3,8,10,13,19H,4-7,9H2,(H,17,20)(H,18,21). The molecule has 1 saturated carbocycles. The molecule has 0 heterocycles. The molecule has 0 aliphatic heterocycles. The Morgan fingerprint density at radius 1 is 1.29 bits per heavy atom. The van der Waals surface area contributed by atoms with E-state index in [2.05, 4.69) is 10.6 Å². The average molecular weight is 294 g/mol. The number of aliphatic hydroxyl groups excluding tert-OH is 1. The molecule has 1 aliphatic carbocycles. The average Bonchev–Trinajstić information content (AvgIpc) is 3.28. The molecule has 0 radical (unpaired) electrons. The van der Waals surface area contributed by atoms with E-state index >= 15 is 0 Å². The van der Waals surface area contributed by atoms with Gasteiger partial charge in [-0.15, -0.1) is 0 Å². The lowest BCUT2D eigenvalue weighted by Crippen LogP contribution is -2.35. The van der Waals surface area contributed by atoms with Crippen LogP contribution in [0.5, 0.6) is 0 Å². The molecule has 3 N–H and O–H groups in total. The molecular weight excluding hydrogens is 275 g/mol. The second-order valence-corrected chi connectivity index (χ2v) is 5.19. The Morgan fingerprint density at radius 3 is 2.67 bits per heavy atom. The van der Waals surface area contributed by atoms with Gasteiger partial charge in [-0.3, -0.25) is 9.59 Å². The third-order valence-electron chi connectivity index (χ3n) is 3.31. The van der Waals surface area contributed by atoms with E-state index in [1.807, 2.05) is 0 Å². The van der Waals surface area contributed by atoms with Gasteiger partial charge in [-0.2, -0.15) is 0 Å². The zero-order chi connectivity index (χ0) is 15.2. The minimum atomic E-state index is -1.04. The summed E-state index contributed by atoms with van der Waals surface area (Å²) in [5.74, 6) is -0.610. The van der Waals surface area contributed by atoms with Crippen LogP contribution in [0, 0.1) is 11.7 Å². The Kier molecular flexibility index (Phi) is 5.27. The Balaban J connectivity index is 1.65. The van der Waals surface area contributed by atoms with Crippen LogP contribution in [-0.2, 0) is 9.59 Å². The molecule has 1 unspecified atom stereocenters. The predicted octanol–water partition coefficient (Wildman–Crippen LogP) is 0.892. The topological polar surface area (TPSA) is 78.4 Å². The number of amides is 2. The number of carbonyl (C=O) groups excluding carboxylic acids is 2. The number of hydrogen-bond acceptors (Lipinski definition) is 3. The number of hydrogen-bond donors (Lipinski definition) is 3. The monoisotopic (exact) mass is 294 g/mol. The summed E-state index contributed by atoms with van der Waals surface area (Å²) in [5, 5.41) is 15.2. The van der Waals surface area contributed by atoms with Crippen molar-refractivity contribution in [3.05, 3.63) is 35.6 Å². The molecule has 1 atom stereocenters. The molecule has 2 amide bonds. The summed E-state index contributed by atoms with van der Waals surface area (Å²) >= 11 is 0. The van der Waals surface area contributed by atoms with Gasteiger partial charge in [0.25, 0.3) is 0 Å². The van der Waals surface area contributed by atoms with Gasteiger partial charge in [0.05, 0.1) is 12.5 Å². The van der Waals surface area contributed by atoms with Crippen LogP contribution in [0.15, 0.2) is 24.3 Å². The van der Waals surface area contributed by atoms with Gasteiger partial charge in [0.1, 0.15) is 5.82 Å². The molecule has 1 aromatic rings. The third kappa shape index (κ3) is 5.15. The van der Waals surface area contributed by atoms with Crippen molar-refractivity contribution in [3.63, 3.8) is 0 Å². The number of rotatable bonds is 7. The highest BCUT2D eigenvalue weighted by Crippen LogP contribution is 2.28. The summed E-state index contributed by atoms with van der Waals surface area (Å²) in [6, 6.07) is 5.53. The van der Waals surface area contributed by atoms with Gasteiger partial charge in [0, 0.05) is 19.0 Å². The van der Waals surface area contributed by atoms with Crippen LogP contribution in [0.25, 0.3) is 0 Å². The molecule has 0 saturated heterocycles. The molecule has 1 aliphatic rings. The molecule has 21 heavy (non-hydrogen) atoms. The lowest BCUT2D eigenvalue weighted by molar-refractivity contribution is -0.124. The van der Waals surface area contributed by atoms with Crippen LogP contribution in [0.1, 0.15) is 30.9 Å². The highest BCUT2D eigenvalue weighted by Gasteiger charge is 2.29. The van der Waals surface area contributed by atoms with E-state index in [0.29, 0.717) is 18.7 Å². The first-order valence-corrected chi connectivity index (χ1v) is 7.04. The molecule has 1 aromatic carbocycles. The van der Waals surface area contributed by atoms with E-state index in [1.54, 1.807) is 6.07 Å². The second kappa shape index (κ2) is 7.17. The van der Waals surface area contributed by atoms with Crippen LogP contribution in [0.2, 0.25) is 0 Å². The molecule has 0 spiro atoms. The van der Waals surface area contributed by atoms with Crippen molar-refractivity contribution in [2.24, 2.45) is 5.92 Å². The largest absolute Gasteiger partial charge is 0.388 e. The predicted molar refractivity (Wildman–Crippen MR) is 74.7 cm³/mol. The summed E-state index contributed by atoms with van der Waals surface area (Å²) in [4.78, 5) is 23.0. The van der Waals surface area contributed by atoms with Gasteiger partial charge in [0.2, 0.25) is 11.8 Å². The summed E-state index contributed by atoms with van der Waals surface area (Å²) < 4.78 is 13.0. The lowest BCUT2D eigenvalue weighted by Gasteiger charge is -2.11. The Labute approximate surface area is 122 Å². The van der Waals surface area contributed by atoms with Crippen LogP contribution in [-0.4, -0.2) is 30.0 Å². The third-order valence-corrected chi connectivity index (χ3v) is 3.31. The molecule has 0 bridgehead atoms. The van der Waals surface area contributed by atoms with E-state index in [1.165, 1.54) is 18.2 Å². The van der Waals surface area contributed by atoms with Gasteiger partial charge in [-0.25, -0.2) is 4.39 Å². The molecule has 0 aromatic heterocycles. The number of halogens is 1. The molecular formula is C15H19FN2O3. The van der Waals surface area contributed by atoms with Crippen molar-refractivity contribution < 1.29 is 19.1 Å². The lowest BCUT2D eigenvalue weighted by atomic mass is 10.1. The molecule has 1 fully saturated rings. The Bertz CT molecular complexity index is 517. The maximum absolute atomic E-state index is 13.0. The highest BCUT2D eigenvalue weighted by atomic mass is 19.1. The van der Waals surface area contributed by atoms with Crippen molar-refractivity contribution in [3.8, 4) is 0 Å². The Morgan fingerprint density at radius 2 is 2.00 bits per heavy atom. The van der Waals surface area contributed by atoms with Crippen LogP contribution >= 0.6 is 0 Å². The van der Waals surface area contributed by atoms with Crippen LogP contribution in [0.3, 0.4) is 0 Å². The first kappa shape index (κ1) is 15.4. The maximum Gasteiger partial charge on any atom is 0.223 e. The molecule has 6 heteroatoms. The zero-order valence-corrected chi connectivity index (χ0v) is 11.6. The van der Waals surface area contributed by atoms with Crippen molar-refractivity contribution in [2.45, 2.75) is 25.4 Å². The number of carbonyl (C=O) groups is 2. The van der Waals surface area contributed by atoms with Crippen molar-refractivity contribution in [2.75, 3.05) is 13.1 Å². The SMILES string of the molecule is O=C(CC(O)c1cccc(F)c1)NCCNC(=O)C1CC1. The number of nitrogens with one attached hydrogen (secondary N) is 2. The van der Waals surface area contributed by atoms with E-state index in [9.17, 15) is 19.1 Å². The Hall–Kier alpha value is -1.95. The van der Waals surface area contributed by atoms with E-state index in [0.717, 1.165) is 12.8 Å². The summed E-state index contributed by atoms with van der Waals surface area (Å²) in [6.07, 6.45) is 0.706. The zero-order valence-electron chi connectivity index (χ0n) is 11.6. The van der Waals surface area contributed by atoms with Crippen molar-refractivity contribution >= 4 is 11.8 Å². The summed E-state index contributed by atoms with van der Waals surface area (Å²) in [5.41, 5.74) is 0.368. The van der Waals surface area contributed by atoms with Gasteiger partial charge < -0.3 is 15.7 Å². The van der Waals surface area contributed by atoms with E-state index in [-0.39, 0.29) is 24.2 Å². The normalized spacial score (nSPS) is 15.3. The van der Waals surface area contributed by atoms with Crippen LogP contribution < -0.4 is 10.6 Å². The van der Waals surface area contributed by atoms with Gasteiger partial charge in [-0.1, -0.05) is 12.1 Å². The smallest absolute Gasteiger partial charge is 0.223 e. The maximum atomic E-state index is 13.0. The fraction of sp³-hybridized carbons (Fsp3) is 0.467. The molecule has 5 nitrogen and oxygen atoms in total. The van der Waals surface area contributed by atoms with E-state index in [4.69, 9.17) is 0 Å². The fourth-order valence-electron chi connectivity index (χ4n) is 1.96. The van der Waals surface area contributed by atoms with Gasteiger partial charge in [-0.05, 0) is 30.5 Å². The van der Waals surface area contributed by atoms with Gasteiger partial charge in [0.15, 0.2) is 0 Å². The first-order chi connectivity index (χ1) is 10.1. The first-order valence-electron chi connectivity index (χ1n) is 7.04. The van der Waals surface area contributed by atoms with Crippen molar-refractivity contribution in [1.82, 2.24) is 10.6 Å². The van der Waals surface area contributed by atoms with Crippen molar-refractivity contribution in [1.29, 1.82) is 0 Å². The van der Waals surface area contributed by atoms with Crippen LogP contribution in [0.4, 0.5) is 4.39 Å². The second-order valence-electron chi connectivity index (χ2n) is 5.19. The number of benzene rings is 1. The van der Waals surface area contributed by atoms with E-state index < -0.39 is 11.9 Å². The van der Waals surface area contributed by atoms with Gasteiger partial charge >= 0.3 is 0 Å². The fourth-order valence-corrected chi connectivity index (χ4v) is 1.96. The minimum absolute atomic E-state index is 0.0315. The highest BCUT2D eigenvalue weighted by molar-refractivity contribution is 5.81. The quantitative estimate of drug-likeness (QED) is 0.654. The summed E-state index contributed by atoms with van der Waals surface area (Å²) in [7, 11) is 0. The molecule has 2 rings (SSSR count). The molecule has 114 valence electrons. The summed E-state index contributed by atoms with van der Waals surface area (Å²) in [6.45, 7) is 0.685.